The molecule has 0 bridgehead atoms. The molecule has 1 aromatic rings. The molecule has 2 rings (SSSR count). The number of nitrogens with zero attached hydrogens (tertiary/aromatic N) is 1. The third kappa shape index (κ3) is 2.88. The van der Waals surface area contributed by atoms with Gasteiger partial charge in [-0.3, -0.25) is 4.79 Å². The van der Waals surface area contributed by atoms with E-state index in [4.69, 9.17) is 5.26 Å². The normalized spacial score (nSPS) is 19.4. The molecule has 0 saturated heterocycles. The predicted octanol–water partition coefficient (Wildman–Crippen LogP) is 1.12. The number of carbonyl (C=O) groups is 1. The van der Waals surface area contributed by atoms with E-state index in [9.17, 15) is 4.79 Å². The van der Waals surface area contributed by atoms with Crippen molar-refractivity contribution in [3.63, 3.8) is 0 Å². The van der Waals surface area contributed by atoms with E-state index in [0.29, 0.717) is 12.8 Å². The van der Waals surface area contributed by atoms with E-state index in [1.54, 1.807) is 0 Å². The highest BCUT2D eigenvalue weighted by Gasteiger charge is 2.24. The van der Waals surface area contributed by atoms with Gasteiger partial charge in [0.15, 0.2) is 0 Å². The van der Waals surface area contributed by atoms with Gasteiger partial charge in [0.2, 0.25) is 5.91 Å². The van der Waals surface area contributed by atoms with Gasteiger partial charge in [0.25, 0.3) is 0 Å². The van der Waals surface area contributed by atoms with E-state index in [1.165, 1.54) is 11.1 Å². The fourth-order valence-corrected chi connectivity index (χ4v) is 2.17. The quantitative estimate of drug-likeness (QED) is 0.836. The van der Waals surface area contributed by atoms with E-state index in [2.05, 4.69) is 28.8 Å². The van der Waals surface area contributed by atoms with Crippen molar-refractivity contribution in [1.29, 1.82) is 5.26 Å². The zero-order valence-electron chi connectivity index (χ0n) is 10.4. The van der Waals surface area contributed by atoms with E-state index >= 15 is 0 Å². The molecule has 2 N–H and O–H groups in total. The Balaban J connectivity index is 1.97. The molecule has 0 radical (unpaired) electrons. The number of nitriles is 1. The van der Waals surface area contributed by atoms with Gasteiger partial charge in [-0.05, 0) is 24.5 Å². The van der Waals surface area contributed by atoms with Crippen LogP contribution in [0.25, 0.3) is 0 Å². The molecule has 94 valence electrons. The van der Waals surface area contributed by atoms with Crippen molar-refractivity contribution in [2.75, 3.05) is 0 Å². The average Bonchev–Trinajstić information content (AvgIpc) is 2.38. The van der Waals surface area contributed by atoms with Gasteiger partial charge in [0.05, 0.1) is 18.5 Å². The Labute approximate surface area is 107 Å². The number of rotatable bonds is 3. The van der Waals surface area contributed by atoms with Crippen molar-refractivity contribution >= 4 is 5.91 Å². The lowest BCUT2D eigenvalue weighted by Gasteiger charge is -2.26. The minimum Gasteiger partial charge on any atom is -0.351 e. The first-order valence-electron chi connectivity index (χ1n) is 6.18. The molecule has 18 heavy (non-hydrogen) atoms. The summed E-state index contributed by atoms with van der Waals surface area (Å²) in [4.78, 5) is 12.0. The largest absolute Gasteiger partial charge is 0.351 e. The highest BCUT2D eigenvalue weighted by atomic mass is 16.2. The van der Waals surface area contributed by atoms with Crippen LogP contribution in [0, 0.1) is 11.3 Å². The number of nitrogens with one attached hydrogen (secondary N) is 2. The monoisotopic (exact) mass is 243 g/mol. The highest BCUT2D eigenvalue weighted by Crippen LogP contribution is 2.16. The van der Waals surface area contributed by atoms with Gasteiger partial charge in [-0.2, -0.15) is 5.26 Å². The Bertz CT molecular complexity index is 478. The zero-order valence-corrected chi connectivity index (χ0v) is 10.4. The Morgan fingerprint density at radius 3 is 3.00 bits per heavy atom. The van der Waals surface area contributed by atoms with Gasteiger partial charge in [0.1, 0.15) is 0 Å². The van der Waals surface area contributed by atoms with E-state index in [-0.39, 0.29) is 18.0 Å². The molecule has 1 amide bonds. The highest BCUT2D eigenvalue weighted by molar-refractivity contribution is 5.82. The lowest BCUT2D eigenvalue weighted by molar-refractivity contribution is -0.123. The summed E-state index contributed by atoms with van der Waals surface area (Å²) in [6.45, 7) is 2.57. The first kappa shape index (κ1) is 12.6. The molecule has 1 aliphatic rings. The number of carbonyl (C=O) groups excluding carboxylic acids is 1. The van der Waals surface area contributed by atoms with Crippen LogP contribution in [0.3, 0.4) is 0 Å². The Hall–Kier alpha value is -1.86. The SMILES string of the molecule is CC(CC#N)NC(=O)[C@@H]1Cc2ccccc2CN1. The summed E-state index contributed by atoms with van der Waals surface area (Å²) in [6, 6.07) is 9.92. The van der Waals surface area contributed by atoms with E-state index in [0.717, 1.165) is 6.54 Å². The van der Waals surface area contributed by atoms with Crippen LogP contribution in [0.1, 0.15) is 24.5 Å². The van der Waals surface area contributed by atoms with Crippen LogP contribution in [-0.4, -0.2) is 18.0 Å². The minimum atomic E-state index is -0.193. The topological polar surface area (TPSA) is 64.9 Å². The second-order valence-electron chi connectivity index (χ2n) is 4.68. The van der Waals surface area contributed by atoms with Gasteiger partial charge in [0, 0.05) is 12.6 Å². The van der Waals surface area contributed by atoms with Crippen LogP contribution in [0.5, 0.6) is 0 Å². The average molecular weight is 243 g/mol. The van der Waals surface area contributed by atoms with Crippen molar-refractivity contribution in [1.82, 2.24) is 10.6 Å². The second-order valence-corrected chi connectivity index (χ2v) is 4.68. The summed E-state index contributed by atoms with van der Waals surface area (Å²) < 4.78 is 0. The molecule has 1 aliphatic heterocycles. The van der Waals surface area contributed by atoms with Crippen molar-refractivity contribution in [3.05, 3.63) is 35.4 Å². The predicted molar refractivity (Wildman–Crippen MR) is 68.6 cm³/mol. The van der Waals surface area contributed by atoms with Crippen molar-refractivity contribution in [3.8, 4) is 6.07 Å². The fourth-order valence-electron chi connectivity index (χ4n) is 2.17. The Kier molecular flexibility index (Phi) is 3.96. The molecule has 2 atom stereocenters. The lowest BCUT2D eigenvalue weighted by Crippen LogP contribution is -2.49. The van der Waals surface area contributed by atoms with Crippen LogP contribution >= 0.6 is 0 Å². The molecule has 1 aromatic carbocycles. The molecule has 0 fully saturated rings. The number of benzene rings is 1. The van der Waals surface area contributed by atoms with Gasteiger partial charge in [-0.15, -0.1) is 0 Å². The summed E-state index contributed by atoms with van der Waals surface area (Å²) in [5, 5.41) is 14.7. The Morgan fingerprint density at radius 1 is 1.56 bits per heavy atom. The maximum atomic E-state index is 12.0. The maximum Gasteiger partial charge on any atom is 0.237 e. The maximum absolute atomic E-state index is 12.0. The number of hydrogen-bond donors (Lipinski definition) is 2. The third-order valence-corrected chi connectivity index (χ3v) is 3.18. The van der Waals surface area contributed by atoms with Crippen LogP contribution in [-0.2, 0) is 17.8 Å². The van der Waals surface area contributed by atoms with Crippen LogP contribution < -0.4 is 10.6 Å². The molecule has 0 aliphatic carbocycles. The standard InChI is InChI=1S/C14H17N3O/c1-10(6-7-15)17-14(18)13-8-11-4-2-3-5-12(11)9-16-13/h2-5,10,13,16H,6,8-9H2,1H3,(H,17,18)/t10?,13-/m0/s1. The van der Waals surface area contributed by atoms with Crippen molar-refractivity contribution in [2.24, 2.45) is 0 Å². The molecule has 1 unspecified atom stereocenters. The van der Waals surface area contributed by atoms with Gasteiger partial charge >= 0.3 is 0 Å². The third-order valence-electron chi connectivity index (χ3n) is 3.18. The summed E-state index contributed by atoms with van der Waals surface area (Å²) in [7, 11) is 0. The summed E-state index contributed by atoms with van der Waals surface area (Å²) in [6.07, 6.45) is 1.05. The first-order chi connectivity index (χ1) is 8.70. The number of hydrogen-bond acceptors (Lipinski definition) is 3. The molecule has 0 aromatic heterocycles. The molecule has 0 saturated carbocycles. The van der Waals surface area contributed by atoms with Crippen molar-refractivity contribution in [2.45, 2.75) is 38.4 Å². The molecular formula is C14H17N3O. The molecule has 4 nitrogen and oxygen atoms in total. The summed E-state index contributed by atoms with van der Waals surface area (Å²) >= 11 is 0. The summed E-state index contributed by atoms with van der Waals surface area (Å²) in [5.74, 6) is -0.0211. The Morgan fingerprint density at radius 2 is 2.28 bits per heavy atom. The molecular weight excluding hydrogens is 226 g/mol. The zero-order chi connectivity index (χ0) is 13.0. The summed E-state index contributed by atoms with van der Waals surface area (Å²) in [5.41, 5.74) is 2.48. The van der Waals surface area contributed by atoms with Crippen molar-refractivity contribution < 1.29 is 4.79 Å². The molecule has 4 heteroatoms. The van der Waals surface area contributed by atoms with E-state index < -0.39 is 0 Å². The van der Waals surface area contributed by atoms with Gasteiger partial charge in [-0.25, -0.2) is 0 Å². The van der Waals surface area contributed by atoms with Crippen LogP contribution in [0.4, 0.5) is 0 Å². The lowest BCUT2D eigenvalue weighted by atomic mass is 9.95. The molecule has 1 heterocycles. The second kappa shape index (κ2) is 5.65. The van der Waals surface area contributed by atoms with Crippen LogP contribution in [0.2, 0.25) is 0 Å². The molecule has 0 spiro atoms. The van der Waals surface area contributed by atoms with Gasteiger partial charge < -0.3 is 10.6 Å². The number of amides is 1. The fraction of sp³-hybridized carbons (Fsp3) is 0.429. The van der Waals surface area contributed by atoms with E-state index in [1.807, 2.05) is 19.1 Å². The number of fused-ring (bicyclic) bond motifs is 1. The first-order valence-corrected chi connectivity index (χ1v) is 6.18. The van der Waals surface area contributed by atoms with Gasteiger partial charge in [-0.1, -0.05) is 24.3 Å². The van der Waals surface area contributed by atoms with Crippen LogP contribution in [0.15, 0.2) is 24.3 Å². The smallest absolute Gasteiger partial charge is 0.237 e. The minimum absolute atomic E-state index is 0.0211.